The number of carbonyl (C=O) groups excluding carboxylic acids is 1. The molecule has 0 aliphatic carbocycles. The molecule has 0 saturated heterocycles. The number of hydrogen-bond acceptors (Lipinski definition) is 4. The summed E-state index contributed by atoms with van der Waals surface area (Å²) in [7, 11) is 1.64. The molecular formula is C16H19N3O3. The fraction of sp³-hybridized carbons (Fsp3) is 0.375. The highest BCUT2D eigenvalue weighted by Crippen LogP contribution is 2.22. The van der Waals surface area contributed by atoms with Crippen LogP contribution in [0, 0.1) is 0 Å². The van der Waals surface area contributed by atoms with E-state index in [-0.39, 0.29) is 5.91 Å². The summed E-state index contributed by atoms with van der Waals surface area (Å²) in [4.78, 5) is 12.2. The molecule has 0 radical (unpaired) electrons. The largest absolute Gasteiger partial charge is 0.497 e. The molecule has 116 valence electrons. The summed E-state index contributed by atoms with van der Waals surface area (Å²) >= 11 is 0. The molecule has 1 aliphatic rings. The van der Waals surface area contributed by atoms with Crippen molar-refractivity contribution >= 4 is 5.91 Å². The van der Waals surface area contributed by atoms with Gasteiger partial charge in [0.05, 0.1) is 19.9 Å². The van der Waals surface area contributed by atoms with Crippen molar-refractivity contribution in [2.45, 2.75) is 19.4 Å². The normalized spacial score (nSPS) is 13.1. The molecule has 0 bridgehead atoms. The molecule has 0 fully saturated rings. The van der Waals surface area contributed by atoms with Crippen molar-refractivity contribution in [3.63, 3.8) is 0 Å². The minimum absolute atomic E-state index is 0.147. The number of fused-ring (bicyclic) bond motifs is 1. The quantitative estimate of drug-likeness (QED) is 0.912. The number of amides is 1. The molecule has 0 unspecified atom stereocenters. The van der Waals surface area contributed by atoms with Crippen molar-refractivity contribution in [2.75, 3.05) is 20.3 Å². The molecule has 6 heteroatoms. The number of nitrogens with zero attached hydrogens (tertiary/aromatic N) is 2. The van der Waals surface area contributed by atoms with Crippen LogP contribution in [-0.4, -0.2) is 35.9 Å². The topological polar surface area (TPSA) is 65.4 Å². The molecule has 3 rings (SSSR count). The molecule has 0 spiro atoms. The van der Waals surface area contributed by atoms with E-state index in [2.05, 4.69) is 10.4 Å². The third kappa shape index (κ3) is 3.05. The Kier molecular flexibility index (Phi) is 4.27. The van der Waals surface area contributed by atoms with Gasteiger partial charge in [-0.25, -0.2) is 4.68 Å². The highest BCUT2D eigenvalue weighted by molar-refractivity contribution is 5.96. The Bertz CT molecular complexity index is 666. The van der Waals surface area contributed by atoms with E-state index in [0.717, 1.165) is 30.7 Å². The lowest BCUT2D eigenvalue weighted by molar-refractivity contribution is 0.0947. The lowest BCUT2D eigenvalue weighted by Gasteiger charge is -2.15. The van der Waals surface area contributed by atoms with E-state index < -0.39 is 0 Å². The molecule has 1 aliphatic heterocycles. The smallest absolute Gasteiger partial charge is 0.258 e. The summed E-state index contributed by atoms with van der Waals surface area (Å²) in [6, 6.07) is 7.83. The van der Waals surface area contributed by atoms with Gasteiger partial charge < -0.3 is 14.8 Å². The Morgan fingerprint density at radius 3 is 3.27 bits per heavy atom. The Balaban J connectivity index is 1.57. The molecule has 2 aromatic rings. The van der Waals surface area contributed by atoms with Crippen LogP contribution in [0.1, 0.15) is 22.3 Å². The SMILES string of the molecule is COc1cccc(CCNC(=O)c2cnn3c2OCCC3)c1. The average Bonchev–Trinajstić information content (AvgIpc) is 2.99. The van der Waals surface area contributed by atoms with Crippen molar-refractivity contribution in [2.24, 2.45) is 0 Å². The molecule has 0 saturated carbocycles. The Hall–Kier alpha value is -2.50. The molecule has 1 aromatic heterocycles. The first-order valence-electron chi connectivity index (χ1n) is 7.37. The second-order valence-electron chi connectivity index (χ2n) is 5.15. The van der Waals surface area contributed by atoms with E-state index in [1.807, 2.05) is 24.3 Å². The Morgan fingerprint density at radius 1 is 1.50 bits per heavy atom. The zero-order chi connectivity index (χ0) is 15.4. The Morgan fingerprint density at radius 2 is 2.41 bits per heavy atom. The van der Waals surface area contributed by atoms with E-state index in [1.54, 1.807) is 18.0 Å². The molecule has 1 aromatic carbocycles. The minimum atomic E-state index is -0.147. The molecule has 1 amide bonds. The summed E-state index contributed by atoms with van der Waals surface area (Å²) in [5.41, 5.74) is 1.62. The molecule has 1 N–H and O–H groups in total. The zero-order valence-electron chi connectivity index (χ0n) is 12.5. The maximum atomic E-state index is 12.2. The van der Waals surface area contributed by atoms with Crippen LogP contribution in [0.15, 0.2) is 30.5 Å². The summed E-state index contributed by atoms with van der Waals surface area (Å²) in [6.07, 6.45) is 3.24. The summed E-state index contributed by atoms with van der Waals surface area (Å²) in [6.45, 7) is 1.98. The summed E-state index contributed by atoms with van der Waals surface area (Å²) < 4.78 is 12.5. The van der Waals surface area contributed by atoms with Crippen LogP contribution in [0.5, 0.6) is 11.6 Å². The lowest BCUT2D eigenvalue weighted by Crippen LogP contribution is -2.26. The summed E-state index contributed by atoms with van der Waals surface area (Å²) in [5, 5.41) is 7.09. The number of methoxy groups -OCH3 is 1. The highest BCUT2D eigenvalue weighted by Gasteiger charge is 2.21. The summed E-state index contributed by atoms with van der Waals surface area (Å²) in [5.74, 6) is 1.25. The molecule has 0 atom stereocenters. The maximum absolute atomic E-state index is 12.2. The van der Waals surface area contributed by atoms with Gasteiger partial charge >= 0.3 is 0 Å². The molecule has 6 nitrogen and oxygen atoms in total. The number of benzene rings is 1. The molecule has 22 heavy (non-hydrogen) atoms. The van der Waals surface area contributed by atoms with E-state index in [4.69, 9.17) is 9.47 Å². The van der Waals surface area contributed by atoms with Crippen LogP contribution in [0.25, 0.3) is 0 Å². The number of aromatic nitrogens is 2. The fourth-order valence-corrected chi connectivity index (χ4v) is 2.47. The second kappa shape index (κ2) is 6.51. The first kappa shape index (κ1) is 14.4. The highest BCUT2D eigenvalue weighted by atomic mass is 16.5. The third-order valence-corrected chi connectivity index (χ3v) is 3.62. The van der Waals surface area contributed by atoms with Gasteiger partial charge in [0.1, 0.15) is 11.3 Å². The monoisotopic (exact) mass is 301 g/mol. The second-order valence-corrected chi connectivity index (χ2v) is 5.15. The van der Waals surface area contributed by atoms with Crippen LogP contribution < -0.4 is 14.8 Å². The Labute approximate surface area is 129 Å². The van der Waals surface area contributed by atoms with E-state index in [0.29, 0.717) is 24.6 Å². The van der Waals surface area contributed by atoms with Crippen LogP contribution in [0.3, 0.4) is 0 Å². The van der Waals surface area contributed by atoms with Gasteiger partial charge in [0, 0.05) is 19.5 Å². The number of rotatable bonds is 5. The number of carbonyl (C=O) groups is 1. The van der Waals surface area contributed by atoms with Crippen molar-refractivity contribution in [3.05, 3.63) is 41.6 Å². The van der Waals surface area contributed by atoms with Gasteiger partial charge in [-0.1, -0.05) is 12.1 Å². The van der Waals surface area contributed by atoms with E-state index in [1.165, 1.54) is 0 Å². The van der Waals surface area contributed by atoms with Gasteiger partial charge in [0.15, 0.2) is 0 Å². The van der Waals surface area contributed by atoms with Crippen LogP contribution in [-0.2, 0) is 13.0 Å². The van der Waals surface area contributed by atoms with Gasteiger partial charge in [-0.15, -0.1) is 0 Å². The number of aryl methyl sites for hydroxylation is 1. The average molecular weight is 301 g/mol. The minimum Gasteiger partial charge on any atom is -0.497 e. The third-order valence-electron chi connectivity index (χ3n) is 3.62. The maximum Gasteiger partial charge on any atom is 0.258 e. The molecule has 2 heterocycles. The van der Waals surface area contributed by atoms with Gasteiger partial charge in [-0.3, -0.25) is 4.79 Å². The predicted octanol–water partition coefficient (Wildman–Crippen LogP) is 1.65. The van der Waals surface area contributed by atoms with Gasteiger partial charge in [-0.05, 0) is 24.1 Å². The lowest BCUT2D eigenvalue weighted by atomic mass is 10.1. The van der Waals surface area contributed by atoms with Gasteiger partial charge in [-0.2, -0.15) is 5.10 Å². The number of hydrogen-bond donors (Lipinski definition) is 1. The van der Waals surface area contributed by atoms with Crippen molar-refractivity contribution in [1.29, 1.82) is 0 Å². The molecular weight excluding hydrogens is 282 g/mol. The number of ether oxygens (including phenoxy) is 2. The zero-order valence-corrected chi connectivity index (χ0v) is 12.5. The van der Waals surface area contributed by atoms with Crippen LogP contribution in [0.2, 0.25) is 0 Å². The first-order chi connectivity index (χ1) is 10.8. The van der Waals surface area contributed by atoms with Crippen LogP contribution >= 0.6 is 0 Å². The van der Waals surface area contributed by atoms with Crippen molar-refractivity contribution in [3.8, 4) is 11.6 Å². The van der Waals surface area contributed by atoms with E-state index >= 15 is 0 Å². The van der Waals surface area contributed by atoms with Crippen LogP contribution in [0.4, 0.5) is 0 Å². The standard InChI is InChI=1S/C16H19N3O3/c1-21-13-5-2-4-12(10-13)6-7-17-15(20)14-11-18-19-8-3-9-22-16(14)19/h2,4-5,10-11H,3,6-9H2,1H3,(H,17,20). The van der Waals surface area contributed by atoms with Gasteiger partial charge in [0.2, 0.25) is 5.88 Å². The van der Waals surface area contributed by atoms with Crippen molar-refractivity contribution in [1.82, 2.24) is 15.1 Å². The fourth-order valence-electron chi connectivity index (χ4n) is 2.47. The first-order valence-corrected chi connectivity index (χ1v) is 7.37. The van der Waals surface area contributed by atoms with Crippen molar-refractivity contribution < 1.29 is 14.3 Å². The number of nitrogens with one attached hydrogen (secondary N) is 1. The van der Waals surface area contributed by atoms with E-state index in [9.17, 15) is 4.79 Å². The predicted molar refractivity (Wildman–Crippen MR) is 81.4 cm³/mol. The van der Waals surface area contributed by atoms with Gasteiger partial charge in [0.25, 0.3) is 5.91 Å².